The molecule has 10 heteroatoms. The van der Waals surface area contributed by atoms with Gasteiger partial charge in [-0.1, -0.05) is 44.2 Å². The zero-order chi connectivity index (χ0) is 23.7. The normalized spacial score (nSPS) is 15.8. The average molecular weight is 437 g/mol. The lowest BCUT2D eigenvalue weighted by Gasteiger charge is -2.26. The number of nitrogens with one attached hydrogen (secondary N) is 3. The van der Waals surface area contributed by atoms with Crippen LogP contribution in [0.4, 0.5) is 0 Å². The van der Waals surface area contributed by atoms with Crippen molar-refractivity contribution >= 4 is 23.7 Å². The first-order valence-corrected chi connectivity index (χ1v) is 10.1. The number of carboxylic acids is 1. The zero-order valence-electron chi connectivity index (χ0n) is 18.2. The smallest absolute Gasteiger partial charge is 0.326 e. The molecule has 5 atom stereocenters. The average Bonchev–Trinajstić information content (AvgIpc) is 2.69. The number of carboxylic acid groups (broad SMARTS) is 1. The first kappa shape index (κ1) is 26.1. The molecule has 10 nitrogen and oxygen atoms in total. The monoisotopic (exact) mass is 436 g/mol. The SMILES string of the molecule is CC(NC(=O)C(N)Cc1ccccc1)C(=O)NC(C(=O)NC(C(=O)O)C(C)C)C(C)O. The Bertz CT molecular complexity index is 768. The molecule has 0 radical (unpaired) electrons. The van der Waals surface area contributed by atoms with Gasteiger partial charge in [-0.2, -0.15) is 0 Å². The van der Waals surface area contributed by atoms with E-state index in [-0.39, 0.29) is 6.42 Å². The van der Waals surface area contributed by atoms with Crippen molar-refractivity contribution in [1.82, 2.24) is 16.0 Å². The Labute approximate surface area is 181 Å². The number of carbonyl (C=O) groups is 4. The predicted molar refractivity (Wildman–Crippen MR) is 114 cm³/mol. The molecule has 1 aromatic rings. The van der Waals surface area contributed by atoms with Crippen LogP contribution in [0.1, 0.15) is 33.3 Å². The van der Waals surface area contributed by atoms with E-state index in [1.165, 1.54) is 13.8 Å². The molecule has 7 N–H and O–H groups in total. The standard InChI is InChI=1S/C21H32N4O6/c1-11(2)16(21(30)31)24-20(29)17(13(4)26)25-18(27)12(3)23-19(28)15(22)10-14-8-6-5-7-9-14/h5-9,11-13,15-17,26H,10,22H2,1-4H3,(H,23,28)(H,24,29)(H,25,27)(H,30,31). The van der Waals surface area contributed by atoms with Crippen molar-refractivity contribution < 1.29 is 29.4 Å². The Morgan fingerprint density at radius 3 is 1.90 bits per heavy atom. The van der Waals surface area contributed by atoms with Gasteiger partial charge in [-0.05, 0) is 31.7 Å². The third-order valence-electron chi connectivity index (χ3n) is 4.68. The third kappa shape index (κ3) is 8.35. The van der Waals surface area contributed by atoms with Gasteiger partial charge < -0.3 is 31.9 Å². The van der Waals surface area contributed by atoms with Crippen molar-refractivity contribution in [1.29, 1.82) is 0 Å². The molecule has 0 fully saturated rings. The zero-order valence-corrected chi connectivity index (χ0v) is 18.2. The summed E-state index contributed by atoms with van der Waals surface area (Å²) in [5.41, 5.74) is 6.77. The molecule has 0 bridgehead atoms. The minimum absolute atomic E-state index is 0.283. The molecule has 1 aromatic carbocycles. The largest absolute Gasteiger partial charge is 0.480 e. The van der Waals surface area contributed by atoms with Gasteiger partial charge in [0.05, 0.1) is 12.1 Å². The number of rotatable bonds is 11. The number of carbonyl (C=O) groups excluding carboxylic acids is 3. The number of hydrogen-bond acceptors (Lipinski definition) is 6. The van der Waals surface area contributed by atoms with E-state index in [4.69, 9.17) is 5.73 Å². The molecular weight excluding hydrogens is 404 g/mol. The van der Waals surface area contributed by atoms with Crippen LogP contribution in [0.3, 0.4) is 0 Å². The van der Waals surface area contributed by atoms with Crippen LogP contribution in [-0.2, 0) is 25.6 Å². The van der Waals surface area contributed by atoms with Gasteiger partial charge in [0.2, 0.25) is 17.7 Å². The van der Waals surface area contributed by atoms with E-state index >= 15 is 0 Å². The number of amides is 3. The Balaban J connectivity index is 2.70. The highest BCUT2D eigenvalue weighted by atomic mass is 16.4. The maximum atomic E-state index is 12.5. The van der Waals surface area contributed by atoms with Crippen molar-refractivity contribution in [3.8, 4) is 0 Å². The van der Waals surface area contributed by atoms with Crippen LogP contribution in [-0.4, -0.2) is 64.2 Å². The van der Waals surface area contributed by atoms with Crippen molar-refractivity contribution in [2.45, 2.75) is 64.4 Å². The van der Waals surface area contributed by atoms with E-state index in [1.54, 1.807) is 13.8 Å². The van der Waals surface area contributed by atoms with Crippen molar-refractivity contribution in [3.05, 3.63) is 35.9 Å². The van der Waals surface area contributed by atoms with Gasteiger partial charge in [0.25, 0.3) is 0 Å². The second kappa shape index (κ2) is 12.0. The summed E-state index contributed by atoms with van der Waals surface area (Å²) in [6, 6.07) is 4.66. The lowest BCUT2D eigenvalue weighted by molar-refractivity contribution is -0.144. The summed E-state index contributed by atoms with van der Waals surface area (Å²) < 4.78 is 0. The Morgan fingerprint density at radius 1 is 0.871 bits per heavy atom. The van der Waals surface area contributed by atoms with E-state index in [9.17, 15) is 29.4 Å². The fraction of sp³-hybridized carbons (Fsp3) is 0.524. The van der Waals surface area contributed by atoms with Gasteiger partial charge in [0.15, 0.2) is 0 Å². The maximum absolute atomic E-state index is 12.5. The lowest BCUT2D eigenvalue weighted by Crippen LogP contribution is -2.59. The van der Waals surface area contributed by atoms with E-state index in [2.05, 4.69) is 16.0 Å². The van der Waals surface area contributed by atoms with Crippen molar-refractivity contribution in [2.24, 2.45) is 11.7 Å². The van der Waals surface area contributed by atoms with Crippen molar-refractivity contribution in [2.75, 3.05) is 0 Å². The molecule has 0 aliphatic heterocycles. The fourth-order valence-electron chi connectivity index (χ4n) is 2.79. The molecule has 172 valence electrons. The number of aliphatic hydroxyl groups excluding tert-OH is 1. The Hall–Kier alpha value is -2.98. The molecule has 0 heterocycles. The van der Waals surface area contributed by atoms with Gasteiger partial charge in [0.1, 0.15) is 18.1 Å². The van der Waals surface area contributed by atoms with Gasteiger partial charge in [-0.25, -0.2) is 4.79 Å². The van der Waals surface area contributed by atoms with Crippen LogP contribution in [0.15, 0.2) is 30.3 Å². The number of aliphatic carboxylic acids is 1. The van der Waals surface area contributed by atoms with Crippen LogP contribution >= 0.6 is 0 Å². The molecule has 3 amide bonds. The summed E-state index contributed by atoms with van der Waals surface area (Å²) in [5, 5.41) is 26.3. The van der Waals surface area contributed by atoms with Gasteiger partial charge in [-0.15, -0.1) is 0 Å². The number of benzene rings is 1. The molecule has 0 saturated heterocycles. The Kier molecular flexibility index (Phi) is 10.1. The second-order valence-electron chi connectivity index (χ2n) is 7.82. The molecule has 0 saturated carbocycles. The molecule has 0 aliphatic carbocycles. The first-order valence-electron chi connectivity index (χ1n) is 10.1. The molecule has 0 aliphatic rings. The van der Waals surface area contributed by atoms with Crippen LogP contribution in [0, 0.1) is 5.92 Å². The van der Waals surface area contributed by atoms with Crippen LogP contribution < -0.4 is 21.7 Å². The van der Waals surface area contributed by atoms with Crippen LogP contribution in [0.2, 0.25) is 0 Å². The maximum Gasteiger partial charge on any atom is 0.326 e. The number of hydrogen-bond donors (Lipinski definition) is 6. The summed E-state index contributed by atoms with van der Waals surface area (Å²) in [5.74, 6) is -3.75. The van der Waals surface area contributed by atoms with E-state index < -0.39 is 59.9 Å². The third-order valence-corrected chi connectivity index (χ3v) is 4.68. The minimum atomic E-state index is -1.40. The molecular formula is C21H32N4O6. The van der Waals surface area contributed by atoms with Crippen LogP contribution in [0.5, 0.6) is 0 Å². The first-order chi connectivity index (χ1) is 14.4. The van der Waals surface area contributed by atoms with Crippen molar-refractivity contribution in [3.63, 3.8) is 0 Å². The number of aliphatic hydroxyl groups is 1. The summed E-state index contributed by atoms with van der Waals surface area (Å²) in [7, 11) is 0. The quantitative estimate of drug-likeness (QED) is 0.262. The summed E-state index contributed by atoms with van der Waals surface area (Å²) in [6.07, 6.45) is -1.01. The molecule has 1 rings (SSSR count). The summed E-state index contributed by atoms with van der Waals surface area (Å²) in [4.78, 5) is 48.5. The molecule has 5 unspecified atom stereocenters. The topological polar surface area (TPSA) is 171 Å². The highest BCUT2D eigenvalue weighted by Crippen LogP contribution is 2.05. The van der Waals surface area contributed by atoms with Gasteiger partial charge >= 0.3 is 5.97 Å². The van der Waals surface area contributed by atoms with E-state index in [0.717, 1.165) is 5.56 Å². The van der Waals surface area contributed by atoms with Gasteiger partial charge in [-0.3, -0.25) is 14.4 Å². The second-order valence-corrected chi connectivity index (χ2v) is 7.82. The fourth-order valence-corrected chi connectivity index (χ4v) is 2.79. The predicted octanol–water partition coefficient (Wildman–Crippen LogP) is -0.848. The minimum Gasteiger partial charge on any atom is -0.480 e. The molecule has 0 aromatic heterocycles. The molecule has 31 heavy (non-hydrogen) atoms. The lowest BCUT2D eigenvalue weighted by atomic mass is 10.0. The Morgan fingerprint density at radius 2 is 1.42 bits per heavy atom. The highest BCUT2D eigenvalue weighted by Gasteiger charge is 2.32. The molecule has 0 spiro atoms. The highest BCUT2D eigenvalue weighted by molar-refractivity contribution is 5.94. The summed E-state index contributed by atoms with van der Waals surface area (Å²) in [6.45, 7) is 5.93. The van der Waals surface area contributed by atoms with Gasteiger partial charge in [0, 0.05) is 0 Å². The van der Waals surface area contributed by atoms with E-state index in [0.29, 0.717) is 0 Å². The van der Waals surface area contributed by atoms with Crippen LogP contribution in [0.25, 0.3) is 0 Å². The number of nitrogens with two attached hydrogens (primary N) is 1. The summed E-state index contributed by atoms with van der Waals surface area (Å²) >= 11 is 0. The van der Waals surface area contributed by atoms with E-state index in [1.807, 2.05) is 30.3 Å².